The number of halogens is 5. The molecule has 14 heteroatoms. The summed E-state index contributed by atoms with van der Waals surface area (Å²) in [5, 5.41) is 5.75. The van der Waals surface area contributed by atoms with Gasteiger partial charge >= 0.3 is 6.18 Å². The summed E-state index contributed by atoms with van der Waals surface area (Å²) in [5.74, 6) is -3.69. The Balaban J connectivity index is 1.49. The molecule has 9 nitrogen and oxygen atoms in total. The van der Waals surface area contributed by atoms with Gasteiger partial charge in [-0.2, -0.15) is 28.1 Å². The number of anilines is 3. The largest absolute Gasteiger partial charge is 0.433 e. The van der Waals surface area contributed by atoms with E-state index < -0.39 is 41.6 Å². The Morgan fingerprint density at radius 2 is 1.69 bits per heavy atom. The molecule has 0 spiro atoms. The average molecular weight is 503 g/mol. The number of pyridine rings is 1. The van der Waals surface area contributed by atoms with Crippen LogP contribution in [0.1, 0.15) is 43.5 Å². The highest BCUT2D eigenvalue weighted by Gasteiger charge is 2.54. The van der Waals surface area contributed by atoms with Crippen LogP contribution in [0.5, 0.6) is 0 Å². The van der Waals surface area contributed by atoms with Crippen LogP contribution in [0.4, 0.5) is 39.5 Å². The second-order valence-corrected chi connectivity index (χ2v) is 8.71. The lowest BCUT2D eigenvalue weighted by atomic mass is 10.1. The van der Waals surface area contributed by atoms with E-state index in [1.54, 1.807) is 12.1 Å². The summed E-state index contributed by atoms with van der Waals surface area (Å²) >= 11 is 0. The third-order valence-electron chi connectivity index (χ3n) is 5.95. The molecule has 0 bridgehead atoms. The van der Waals surface area contributed by atoms with Gasteiger partial charge < -0.3 is 15.5 Å². The summed E-state index contributed by atoms with van der Waals surface area (Å²) in [7, 11) is 0. The van der Waals surface area contributed by atoms with Crippen molar-refractivity contribution in [3.63, 3.8) is 0 Å². The number of hydrogen-bond acceptors (Lipinski definition) is 8. The van der Waals surface area contributed by atoms with E-state index in [2.05, 4.69) is 45.4 Å². The predicted molar refractivity (Wildman–Crippen MR) is 117 cm³/mol. The summed E-state index contributed by atoms with van der Waals surface area (Å²) < 4.78 is 66.9. The molecule has 36 heavy (non-hydrogen) atoms. The van der Waals surface area contributed by atoms with Crippen LogP contribution in [0.25, 0.3) is 16.5 Å². The monoisotopic (exact) mass is 503 g/mol. The van der Waals surface area contributed by atoms with E-state index in [1.807, 2.05) is 0 Å². The van der Waals surface area contributed by atoms with Gasteiger partial charge in [0.1, 0.15) is 11.4 Å². The predicted octanol–water partition coefficient (Wildman–Crippen LogP) is 4.99. The SMILES string of the molecule is [C-]#[N+]C1(c2cc(Nc3nc(N[C@@H]4CCC(F)(F)C4)nc(-c4nccc(C(F)(F)F)n4)n3)ccn2)CC1. The molecule has 0 aliphatic heterocycles. The molecule has 0 radical (unpaired) electrons. The zero-order chi connectivity index (χ0) is 25.6. The fourth-order valence-corrected chi connectivity index (χ4v) is 3.91. The zero-order valence-corrected chi connectivity index (χ0v) is 18.5. The first kappa shape index (κ1) is 23.7. The van der Waals surface area contributed by atoms with Crippen LogP contribution in [0.2, 0.25) is 0 Å². The molecule has 0 saturated heterocycles. The van der Waals surface area contributed by atoms with E-state index in [0.29, 0.717) is 30.3 Å². The van der Waals surface area contributed by atoms with Crippen molar-refractivity contribution in [2.75, 3.05) is 10.6 Å². The van der Waals surface area contributed by atoms with Gasteiger partial charge in [0.25, 0.3) is 5.54 Å². The maximum atomic E-state index is 13.7. The van der Waals surface area contributed by atoms with Gasteiger partial charge in [-0.05, 0) is 24.6 Å². The number of hydrogen-bond donors (Lipinski definition) is 2. The molecule has 1 atom stereocenters. The Bertz CT molecular complexity index is 1330. The second-order valence-electron chi connectivity index (χ2n) is 8.71. The summed E-state index contributed by atoms with van der Waals surface area (Å²) in [6, 6.07) is 3.36. The standard InChI is InChI=1S/C22H18F5N9/c1-28-20(6-7-20)15-10-12(3-8-29-15)31-18-34-17(16-30-9-4-14(33-16)22(25,26)27)35-19(36-18)32-13-2-5-21(23,24)11-13/h3-4,8-10,13H,2,5-7,11H2,(H2,29,31,32,34,35,36)/t13-/m1/s1. The van der Waals surface area contributed by atoms with Gasteiger partial charge in [0, 0.05) is 49.8 Å². The van der Waals surface area contributed by atoms with Crippen LogP contribution >= 0.6 is 0 Å². The molecule has 3 aromatic heterocycles. The Morgan fingerprint density at radius 1 is 0.944 bits per heavy atom. The average Bonchev–Trinajstić information content (AvgIpc) is 3.56. The topological polar surface area (TPSA) is 106 Å². The maximum Gasteiger partial charge on any atom is 0.433 e. The quantitative estimate of drug-likeness (QED) is 0.358. The summed E-state index contributed by atoms with van der Waals surface area (Å²) in [4.78, 5) is 27.8. The number of nitrogens with zero attached hydrogens (tertiary/aromatic N) is 7. The van der Waals surface area contributed by atoms with Crippen LogP contribution in [0.3, 0.4) is 0 Å². The van der Waals surface area contributed by atoms with Crippen LogP contribution in [-0.2, 0) is 11.7 Å². The van der Waals surface area contributed by atoms with Crippen molar-refractivity contribution in [1.29, 1.82) is 0 Å². The van der Waals surface area contributed by atoms with Crippen LogP contribution < -0.4 is 10.6 Å². The van der Waals surface area contributed by atoms with E-state index >= 15 is 0 Å². The molecule has 0 unspecified atom stereocenters. The molecule has 2 aliphatic carbocycles. The number of rotatable bonds is 6. The lowest BCUT2D eigenvalue weighted by Gasteiger charge is -2.15. The Labute approximate surface area is 201 Å². The molecule has 2 saturated carbocycles. The summed E-state index contributed by atoms with van der Waals surface area (Å²) in [6.45, 7) is 7.42. The van der Waals surface area contributed by atoms with Crippen molar-refractivity contribution < 1.29 is 22.0 Å². The Hall–Kier alpha value is -4.02. The molecule has 3 heterocycles. The molecule has 2 aliphatic rings. The first-order chi connectivity index (χ1) is 17.1. The van der Waals surface area contributed by atoms with E-state index in [4.69, 9.17) is 6.57 Å². The molecule has 5 rings (SSSR count). The number of alkyl halides is 5. The van der Waals surface area contributed by atoms with E-state index in [-0.39, 0.29) is 30.6 Å². The first-order valence-corrected chi connectivity index (χ1v) is 11.0. The highest BCUT2D eigenvalue weighted by molar-refractivity contribution is 5.58. The molecular weight excluding hydrogens is 485 g/mol. The highest BCUT2D eigenvalue weighted by Crippen LogP contribution is 2.49. The normalized spacial score (nSPS) is 19.9. The van der Waals surface area contributed by atoms with E-state index in [1.165, 1.54) is 6.20 Å². The molecule has 0 amide bonds. The fraction of sp³-hybridized carbons (Fsp3) is 0.409. The van der Waals surface area contributed by atoms with Crippen molar-refractivity contribution in [3.05, 3.63) is 53.4 Å². The third kappa shape index (κ3) is 5.00. The minimum Gasteiger partial charge on any atom is -0.351 e. The number of aromatic nitrogens is 6. The van der Waals surface area contributed by atoms with Crippen LogP contribution in [0, 0.1) is 6.57 Å². The van der Waals surface area contributed by atoms with Gasteiger partial charge in [0.15, 0.2) is 5.82 Å². The summed E-state index contributed by atoms with van der Waals surface area (Å²) in [6.07, 6.45) is -1.44. The minimum absolute atomic E-state index is 0.0712. The third-order valence-corrected chi connectivity index (χ3v) is 5.95. The fourth-order valence-electron chi connectivity index (χ4n) is 3.91. The minimum atomic E-state index is -4.71. The smallest absolute Gasteiger partial charge is 0.351 e. The molecule has 2 fully saturated rings. The molecule has 3 aromatic rings. The number of nitrogens with one attached hydrogen (secondary N) is 2. The van der Waals surface area contributed by atoms with Crippen LogP contribution in [-0.4, -0.2) is 41.9 Å². The van der Waals surface area contributed by atoms with Crippen molar-refractivity contribution in [2.24, 2.45) is 0 Å². The van der Waals surface area contributed by atoms with Gasteiger partial charge in [-0.25, -0.2) is 25.3 Å². The lowest BCUT2D eigenvalue weighted by Crippen LogP contribution is -2.21. The molecule has 186 valence electrons. The lowest BCUT2D eigenvalue weighted by molar-refractivity contribution is -0.141. The zero-order valence-electron chi connectivity index (χ0n) is 18.5. The second kappa shape index (κ2) is 8.58. The maximum absolute atomic E-state index is 13.7. The van der Waals surface area contributed by atoms with Gasteiger partial charge in [0.2, 0.25) is 23.6 Å². The summed E-state index contributed by atoms with van der Waals surface area (Å²) in [5.41, 5.74) is -0.784. The molecular formula is C22H18F5N9. The first-order valence-electron chi connectivity index (χ1n) is 11.0. The van der Waals surface area contributed by atoms with Gasteiger partial charge in [-0.1, -0.05) is 0 Å². The highest BCUT2D eigenvalue weighted by atomic mass is 19.4. The van der Waals surface area contributed by atoms with Crippen molar-refractivity contribution in [1.82, 2.24) is 29.9 Å². The van der Waals surface area contributed by atoms with Crippen molar-refractivity contribution in [2.45, 2.75) is 55.8 Å². The van der Waals surface area contributed by atoms with Crippen molar-refractivity contribution >= 4 is 17.6 Å². The Kier molecular flexibility index (Phi) is 5.65. The molecule has 0 aromatic carbocycles. The van der Waals surface area contributed by atoms with Gasteiger partial charge in [-0.3, -0.25) is 4.98 Å². The van der Waals surface area contributed by atoms with E-state index in [9.17, 15) is 22.0 Å². The molecule has 2 N–H and O–H groups in total. The van der Waals surface area contributed by atoms with E-state index in [0.717, 1.165) is 6.20 Å². The van der Waals surface area contributed by atoms with Crippen LogP contribution in [0.15, 0.2) is 30.6 Å². The van der Waals surface area contributed by atoms with Crippen molar-refractivity contribution in [3.8, 4) is 11.6 Å². The van der Waals surface area contributed by atoms with Gasteiger partial charge in [0.05, 0.1) is 0 Å². The van der Waals surface area contributed by atoms with Gasteiger partial charge in [-0.15, -0.1) is 0 Å². The Morgan fingerprint density at radius 3 is 2.36 bits per heavy atom.